The van der Waals surface area contributed by atoms with Gasteiger partial charge in [-0.3, -0.25) is 4.72 Å². The molecule has 1 rings (SSSR count). The van der Waals surface area contributed by atoms with Gasteiger partial charge in [0.15, 0.2) is 6.61 Å². The molecule has 0 aromatic heterocycles. The largest absolute Gasteiger partial charge is 0.477 e. The first-order chi connectivity index (χ1) is 9.09. The molecule has 2 N–H and O–H groups in total. The fourth-order valence-corrected chi connectivity index (χ4v) is 2.13. The number of ether oxygens (including phenoxy) is 2. The number of para-hydroxylation sites is 2. The Kier molecular flexibility index (Phi) is 6.08. The normalized spacial score (nSPS) is 10.7. The van der Waals surface area contributed by atoms with E-state index in [9.17, 15) is 8.42 Å². The van der Waals surface area contributed by atoms with Crippen molar-refractivity contribution in [2.75, 3.05) is 31.6 Å². The fraction of sp³-hybridized carbons (Fsp3) is 0.364. The van der Waals surface area contributed by atoms with Gasteiger partial charge in [-0.05, 0) is 12.1 Å². The van der Waals surface area contributed by atoms with Crippen LogP contribution in [0.1, 0.15) is 0 Å². The summed E-state index contributed by atoms with van der Waals surface area (Å²) in [6.45, 7) is 0.274. The Morgan fingerprint density at radius 3 is 2.79 bits per heavy atom. The van der Waals surface area contributed by atoms with Gasteiger partial charge in [-0.15, -0.1) is 0 Å². The van der Waals surface area contributed by atoms with Crippen LogP contribution in [0, 0.1) is 11.3 Å². The van der Waals surface area contributed by atoms with Crippen molar-refractivity contribution in [3.63, 3.8) is 0 Å². The molecule has 104 valence electrons. The molecule has 0 saturated heterocycles. The second kappa shape index (κ2) is 7.58. The van der Waals surface area contributed by atoms with E-state index in [1.165, 1.54) is 7.11 Å². The summed E-state index contributed by atoms with van der Waals surface area (Å²) in [5.41, 5.74) is 0.266. The Morgan fingerprint density at radius 1 is 1.37 bits per heavy atom. The van der Waals surface area contributed by atoms with Gasteiger partial charge in [0, 0.05) is 13.7 Å². The summed E-state index contributed by atoms with van der Waals surface area (Å²) in [6, 6.07) is 8.28. The molecule has 0 spiro atoms. The zero-order valence-electron chi connectivity index (χ0n) is 10.4. The molecule has 0 aliphatic rings. The highest BCUT2D eigenvalue weighted by molar-refractivity contribution is 7.90. The SMILES string of the molecule is COCCNS(=O)(=O)Nc1ccccc1OCC#N. The van der Waals surface area contributed by atoms with Crippen LogP contribution in [0.2, 0.25) is 0 Å². The van der Waals surface area contributed by atoms with Crippen LogP contribution in [-0.4, -0.2) is 35.3 Å². The predicted molar refractivity (Wildman–Crippen MR) is 70.0 cm³/mol. The fourth-order valence-electron chi connectivity index (χ4n) is 1.25. The average molecular weight is 285 g/mol. The van der Waals surface area contributed by atoms with Crippen LogP contribution < -0.4 is 14.2 Å². The van der Waals surface area contributed by atoms with Gasteiger partial charge in [-0.25, -0.2) is 0 Å². The lowest BCUT2D eigenvalue weighted by Crippen LogP contribution is -2.32. The topological polar surface area (TPSA) is 100 Å². The molecule has 8 heteroatoms. The van der Waals surface area contributed by atoms with Crippen LogP contribution >= 0.6 is 0 Å². The smallest absolute Gasteiger partial charge is 0.299 e. The molecular formula is C11H15N3O4S. The van der Waals surface area contributed by atoms with Crippen molar-refractivity contribution in [1.82, 2.24) is 4.72 Å². The molecule has 19 heavy (non-hydrogen) atoms. The van der Waals surface area contributed by atoms with Crippen LogP contribution in [0.4, 0.5) is 5.69 Å². The van der Waals surface area contributed by atoms with Gasteiger partial charge in [0.1, 0.15) is 11.8 Å². The van der Waals surface area contributed by atoms with Crippen LogP contribution in [0.15, 0.2) is 24.3 Å². The molecule has 0 saturated carbocycles. The molecule has 0 aliphatic carbocycles. The molecule has 1 aromatic carbocycles. The third kappa shape index (κ3) is 5.56. The van der Waals surface area contributed by atoms with E-state index in [0.29, 0.717) is 5.75 Å². The number of nitrogens with zero attached hydrogens (tertiary/aromatic N) is 1. The van der Waals surface area contributed by atoms with Gasteiger partial charge in [0.05, 0.1) is 12.3 Å². The highest BCUT2D eigenvalue weighted by Gasteiger charge is 2.12. The average Bonchev–Trinajstić information content (AvgIpc) is 2.37. The first-order valence-corrected chi connectivity index (χ1v) is 6.92. The Hall–Kier alpha value is -1.82. The van der Waals surface area contributed by atoms with E-state index in [0.717, 1.165) is 0 Å². The van der Waals surface area contributed by atoms with Gasteiger partial charge < -0.3 is 9.47 Å². The Labute approximate surface area is 112 Å². The summed E-state index contributed by atoms with van der Waals surface area (Å²) >= 11 is 0. The van der Waals surface area contributed by atoms with Gasteiger partial charge in [-0.2, -0.15) is 18.4 Å². The number of benzene rings is 1. The number of anilines is 1. The maximum atomic E-state index is 11.7. The van der Waals surface area contributed by atoms with Crippen molar-refractivity contribution in [2.45, 2.75) is 0 Å². The van der Waals surface area contributed by atoms with Crippen molar-refractivity contribution < 1.29 is 17.9 Å². The van der Waals surface area contributed by atoms with Gasteiger partial charge in [-0.1, -0.05) is 12.1 Å². The van der Waals surface area contributed by atoms with Crippen LogP contribution in [-0.2, 0) is 14.9 Å². The van der Waals surface area contributed by atoms with Gasteiger partial charge in [0.2, 0.25) is 0 Å². The molecule has 1 aromatic rings. The molecule has 0 radical (unpaired) electrons. The Balaban J connectivity index is 2.73. The highest BCUT2D eigenvalue weighted by Crippen LogP contribution is 2.24. The van der Waals surface area contributed by atoms with E-state index in [2.05, 4.69) is 9.44 Å². The van der Waals surface area contributed by atoms with Crippen LogP contribution in [0.5, 0.6) is 5.75 Å². The minimum absolute atomic E-state index is 0.157. The zero-order chi connectivity index (χ0) is 14.1. The maximum Gasteiger partial charge on any atom is 0.299 e. The Bertz CT molecular complexity index is 539. The van der Waals surface area contributed by atoms with E-state index in [-0.39, 0.29) is 25.4 Å². The predicted octanol–water partition coefficient (Wildman–Crippen LogP) is 0.482. The number of methoxy groups -OCH3 is 1. The lowest BCUT2D eigenvalue weighted by molar-refractivity contribution is 0.204. The Morgan fingerprint density at radius 2 is 2.11 bits per heavy atom. The summed E-state index contributed by atoms with van der Waals surface area (Å²) < 4.78 is 37.9. The third-order valence-electron chi connectivity index (χ3n) is 2.02. The van der Waals surface area contributed by atoms with Crippen molar-refractivity contribution in [2.24, 2.45) is 0 Å². The lowest BCUT2D eigenvalue weighted by atomic mass is 10.3. The molecular weight excluding hydrogens is 270 g/mol. The molecule has 0 unspecified atom stereocenters. The van der Waals surface area contributed by atoms with E-state index in [4.69, 9.17) is 14.7 Å². The first kappa shape index (κ1) is 15.2. The standard InChI is InChI=1S/C11H15N3O4S/c1-17-9-7-13-19(15,16)14-10-4-2-3-5-11(10)18-8-6-12/h2-5,13-14H,7-9H2,1H3. The molecule has 0 heterocycles. The van der Waals surface area contributed by atoms with E-state index in [1.54, 1.807) is 24.3 Å². The first-order valence-electron chi connectivity index (χ1n) is 5.44. The lowest BCUT2D eigenvalue weighted by Gasteiger charge is -2.12. The molecule has 7 nitrogen and oxygen atoms in total. The van der Waals surface area contributed by atoms with Gasteiger partial charge >= 0.3 is 0 Å². The highest BCUT2D eigenvalue weighted by atomic mass is 32.2. The monoisotopic (exact) mass is 285 g/mol. The number of hydrogen-bond acceptors (Lipinski definition) is 5. The quantitative estimate of drug-likeness (QED) is 0.677. The summed E-state index contributed by atoms with van der Waals surface area (Å²) in [6.07, 6.45) is 0. The second-order valence-corrected chi connectivity index (χ2v) is 4.94. The molecule has 0 fully saturated rings. The second-order valence-electron chi connectivity index (χ2n) is 3.44. The summed E-state index contributed by atoms with van der Waals surface area (Å²) in [7, 11) is -2.22. The van der Waals surface area contributed by atoms with Crippen molar-refractivity contribution >= 4 is 15.9 Å². The van der Waals surface area contributed by atoms with E-state index < -0.39 is 10.2 Å². The molecule has 0 atom stereocenters. The van der Waals surface area contributed by atoms with Crippen LogP contribution in [0.3, 0.4) is 0 Å². The summed E-state index contributed by atoms with van der Waals surface area (Å²) in [5, 5.41) is 8.45. The molecule has 0 bridgehead atoms. The third-order valence-corrected chi connectivity index (χ3v) is 3.09. The number of rotatable bonds is 8. The number of hydrogen-bond donors (Lipinski definition) is 2. The van der Waals surface area contributed by atoms with Crippen LogP contribution in [0.25, 0.3) is 0 Å². The van der Waals surface area contributed by atoms with E-state index >= 15 is 0 Å². The van der Waals surface area contributed by atoms with Gasteiger partial charge in [0.25, 0.3) is 10.2 Å². The minimum Gasteiger partial charge on any atom is -0.477 e. The summed E-state index contributed by atoms with van der Waals surface area (Å²) in [4.78, 5) is 0. The van der Waals surface area contributed by atoms with Crippen molar-refractivity contribution in [3.05, 3.63) is 24.3 Å². The molecule has 0 aliphatic heterocycles. The molecule has 0 amide bonds. The van der Waals surface area contributed by atoms with Crippen molar-refractivity contribution in [1.29, 1.82) is 5.26 Å². The minimum atomic E-state index is -3.70. The number of nitriles is 1. The number of nitrogens with one attached hydrogen (secondary N) is 2. The summed E-state index contributed by atoms with van der Waals surface area (Å²) in [5.74, 6) is 0.293. The van der Waals surface area contributed by atoms with Crippen molar-refractivity contribution in [3.8, 4) is 11.8 Å². The maximum absolute atomic E-state index is 11.7. The zero-order valence-corrected chi connectivity index (χ0v) is 11.2. The van der Waals surface area contributed by atoms with E-state index in [1.807, 2.05) is 6.07 Å².